The fourth-order valence-electron chi connectivity index (χ4n) is 1.39. The molecule has 16 heavy (non-hydrogen) atoms. The van der Waals surface area contributed by atoms with Crippen LogP contribution in [0.25, 0.3) is 0 Å². The molecule has 5 atom stereocenters. The molecule has 0 spiro atoms. The Kier molecular flexibility index (Phi) is 3.84. The van der Waals surface area contributed by atoms with Crippen LogP contribution in [0.1, 0.15) is 6.92 Å². The number of hydrogen-bond acceptors (Lipinski definition) is 8. The van der Waals surface area contributed by atoms with Crippen molar-refractivity contribution in [2.75, 3.05) is 6.61 Å². The van der Waals surface area contributed by atoms with Crippen molar-refractivity contribution in [3.63, 3.8) is 0 Å². The summed E-state index contributed by atoms with van der Waals surface area (Å²) in [6, 6.07) is 0. The molecule has 1 rings (SSSR count). The van der Waals surface area contributed by atoms with E-state index in [1.54, 1.807) is 0 Å². The maximum atomic E-state index is 10.7. The zero-order valence-corrected chi connectivity index (χ0v) is 8.61. The molecule has 1 aliphatic rings. The Bertz CT molecular complexity index is 269. The van der Waals surface area contributed by atoms with Crippen molar-refractivity contribution in [2.45, 2.75) is 37.3 Å². The second-order valence-corrected chi connectivity index (χ2v) is 3.62. The number of carbonyl (C=O) groups excluding carboxylic acids is 1. The van der Waals surface area contributed by atoms with Crippen LogP contribution in [0.3, 0.4) is 0 Å². The van der Waals surface area contributed by atoms with E-state index < -0.39 is 42.9 Å². The average Bonchev–Trinajstić information content (AvgIpc) is 2.19. The average molecular weight is 237 g/mol. The maximum Gasteiger partial charge on any atom is 0.305 e. The highest BCUT2D eigenvalue weighted by Crippen LogP contribution is 2.26. The van der Waals surface area contributed by atoms with Crippen molar-refractivity contribution in [1.29, 1.82) is 0 Å². The predicted octanol–water partition coefficient (Wildman–Crippen LogP) is -3.36. The normalized spacial score (nSPS) is 44.1. The molecule has 8 nitrogen and oxygen atoms in total. The fraction of sp³-hybridized carbons (Fsp3) is 0.875. The molecule has 0 aliphatic carbocycles. The molecule has 1 saturated heterocycles. The first-order valence-electron chi connectivity index (χ1n) is 4.61. The van der Waals surface area contributed by atoms with Crippen molar-refractivity contribution in [1.82, 2.24) is 0 Å². The Labute approximate surface area is 91.2 Å². The van der Waals surface area contributed by atoms with E-state index in [-0.39, 0.29) is 0 Å². The van der Waals surface area contributed by atoms with E-state index in [9.17, 15) is 20.1 Å². The topological polar surface area (TPSA) is 142 Å². The van der Waals surface area contributed by atoms with Crippen LogP contribution in [-0.4, -0.2) is 63.3 Å². The summed E-state index contributed by atoms with van der Waals surface area (Å²) < 4.78 is 9.41. The van der Waals surface area contributed by atoms with Crippen molar-refractivity contribution in [3.05, 3.63) is 0 Å². The summed E-state index contributed by atoms with van der Waals surface area (Å²) in [6.07, 6.45) is -6.22. The minimum Gasteiger partial charge on any atom is -0.431 e. The molecule has 1 heterocycles. The van der Waals surface area contributed by atoms with Gasteiger partial charge in [0.25, 0.3) is 0 Å². The number of hydrogen-bond donors (Lipinski definition) is 5. The van der Waals surface area contributed by atoms with Gasteiger partial charge in [0.1, 0.15) is 18.3 Å². The van der Waals surface area contributed by atoms with Gasteiger partial charge in [0.15, 0.2) is 0 Å². The van der Waals surface area contributed by atoms with E-state index in [0.717, 1.165) is 6.92 Å². The molecule has 0 aromatic carbocycles. The number of nitrogens with two attached hydrogens (primary N) is 1. The molecule has 94 valence electrons. The van der Waals surface area contributed by atoms with E-state index in [1.165, 1.54) is 0 Å². The Morgan fingerprint density at radius 3 is 2.56 bits per heavy atom. The van der Waals surface area contributed by atoms with Crippen molar-refractivity contribution in [2.24, 2.45) is 5.73 Å². The Hall–Kier alpha value is -0.770. The zero-order valence-electron chi connectivity index (χ0n) is 8.61. The molecule has 0 bridgehead atoms. The van der Waals surface area contributed by atoms with Crippen LogP contribution in [0.2, 0.25) is 0 Å². The first-order valence-corrected chi connectivity index (χ1v) is 4.61. The van der Waals surface area contributed by atoms with Gasteiger partial charge in [0.05, 0.1) is 6.61 Å². The van der Waals surface area contributed by atoms with Crippen LogP contribution in [0.4, 0.5) is 0 Å². The minimum atomic E-state index is -2.43. The lowest BCUT2D eigenvalue weighted by Crippen LogP contribution is -2.71. The van der Waals surface area contributed by atoms with Crippen molar-refractivity contribution in [3.8, 4) is 0 Å². The molecule has 6 N–H and O–H groups in total. The van der Waals surface area contributed by atoms with Crippen LogP contribution in [0, 0.1) is 0 Å². The maximum absolute atomic E-state index is 10.7. The van der Waals surface area contributed by atoms with Gasteiger partial charge in [-0.3, -0.25) is 10.5 Å². The van der Waals surface area contributed by atoms with Gasteiger partial charge >= 0.3 is 5.97 Å². The molecule has 0 amide bonds. The smallest absolute Gasteiger partial charge is 0.305 e. The summed E-state index contributed by atoms with van der Waals surface area (Å²) in [5.41, 5.74) is 2.85. The van der Waals surface area contributed by atoms with E-state index in [1.807, 2.05) is 0 Å². The summed E-state index contributed by atoms with van der Waals surface area (Å²) in [5.74, 6) is -0.783. The molecular weight excluding hydrogens is 222 g/mol. The molecule has 0 aromatic rings. The summed E-state index contributed by atoms with van der Waals surface area (Å²) in [5, 5.41) is 37.4. The molecular formula is C8H15NO7. The Morgan fingerprint density at radius 2 is 2.12 bits per heavy atom. The number of aliphatic hydroxyl groups is 4. The number of carbonyl (C=O) groups is 1. The highest BCUT2D eigenvalue weighted by atomic mass is 16.7. The van der Waals surface area contributed by atoms with E-state index >= 15 is 0 Å². The molecule has 0 saturated carbocycles. The van der Waals surface area contributed by atoms with Gasteiger partial charge in [0.2, 0.25) is 12.0 Å². The van der Waals surface area contributed by atoms with E-state index in [0.29, 0.717) is 0 Å². The summed E-state index contributed by atoms with van der Waals surface area (Å²) in [7, 11) is 0. The molecule has 1 aliphatic heterocycles. The van der Waals surface area contributed by atoms with Gasteiger partial charge in [-0.15, -0.1) is 0 Å². The van der Waals surface area contributed by atoms with Crippen LogP contribution in [-0.2, 0) is 14.3 Å². The van der Waals surface area contributed by atoms with Gasteiger partial charge in [-0.1, -0.05) is 0 Å². The molecule has 0 aromatic heterocycles. The van der Waals surface area contributed by atoms with Crippen molar-refractivity contribution < 1.29 is 34.7 Å². The van der Waals surface area contributed by atoms with Gasteiger partial charge < -0.3 is 29.9 Å². The van der Waals surface area contributed by atoms with E-state index in [2.05, 4.69) is 4.74 Å². The lowest BCUT2D eigenvalue weighted by molar-refractivity contribution is -0.330. The number of esters is 1. The monoisotopic (exact) mass is 237 g/mol. The van der Waals surface area contributed by atoms with Crippen LogP contribution in [0.5, 0.6) is 0 Å². The number of ether oxygens (including phenoxy) is 2. The first-order chi connectivity index (χ1) is 7.30. The molecule has 8 heteroatoms. The Morgan fingerprint density at radius 1 is 1.56 bits per heavy atom. The van der Waals surface area contributed by atoms with Crippen molar-refractivity contribution >= 4 is 5.97 Å². The number of rotatable bonds is 2. The van der Waals surface area contributed by atoms with Gasteiger partial charge in [-0.05, 0) is 0 Å². The number of aliphatic hydroxyl groups excluding tert-OH is 3. The van der Waals surface area contributed by atoms with Gasteiger partial charge in [0, 0.05) is 6.92 Å². The Balaban J connectivity index is 2.86. The van der Waals surface area contributed by atoms with Crippen LogP contribution in [0.15, 0.2) is 0 Å². The third-order valence-corrected chi connectivity index (χ3v) is 2.31. The summed E-state index contributed by atoms with van der Waals surface area (Å²) in [4.78, 5) is 10.7. The standard InChI is InChI=1S/C8H15NO7/c1-3(11)15-7-8(9,14)6(13)5(12)4(2-10)16-7/h4-7,10,12-14H,2,9H2,1H3/t4-,5-,6+,7-,8-/m1/s1. The fourth-order valence-corrected chi connectivity index (χ4v) is 1.39. The van der Waals surface area contributed by atoms with Crippen LogP contribution >= 0.6 is 0 Å². The minimum absolute atomic E-state index is 0.619. The summed E-state index contributed by atoms with van der Waals surface area (Å²) >= 11 is 0. The molecule has 0 unspecified atom stereocenters. The zero-order chi connectivity index (χ0) is 12.5. The molecule has 1 fully saturated rings. The quantitative estimate of drug-likeness (QED) is 0.247. The lowest BCUT2D eigenvalue weighted by Gasteiger charge is -2.44. The molecule has 0 radical (unpaired) electrons. The highest BCUT2D eigenvalue weighted by molar-refractivity contribution is 5.66. The first kappa shape index (κ1) is 13.3. The second kappa shape index (κ2) is 4.62. The third kappa shape index (κ3) is 2.32. The second-order valence-electron chi connectivity index (χ2n) is 3.62. The highest BCUT2D eigenvalue weighted by Gasteiger charge is 2.54. The van der Waals surface area contributed by atoms with E-state index in [4.69, 9.17) is 15.6 Å². The predicted molar refractivity (Wildman–Crippen MR) is 48.7 cm³/mol. The largest absolute Gasteiger partial charge is 0.431 e. The summed E-state index contributed by atoms with van der Waals surface area (Å²) in [6.45, 7) is 0.441. The SMILES string of the molecule is CC(=O)O[C@@H]1O[C@H](CO)[C@@H](O)[C@H](O)[C@@]1(N)O. The van der Waals surface area contributed by atoms with Crippen LogP contribution < -0.4 is 5.73 Å². The third-order valence-electron chi connectivity index (χ3n) is 2.31. The van der Waals surface area contributed by atoms with Gasteiger partial charge in [-0.2, -0.15) is 0 Å². The lowest BCUT2D eigenvalue weighted by atomic mass is 9.94. The van der Waals surface area contributed by atoms with Gasteiger partial charge in [-0.25, -0.2) is 0 Å².